The van der Waals surface area contributed by atoms with Crippen LogP contribution in [0.15, 0.2) is 12.2 Å². The minimum absolute atomic E-state index is 1.27. The average molecular weight is 126 g/mol. The molecule has 0 radical (unpaired) electrons. The Hall–Kier alpha value is -0.260. The molecule has 0 spiro atoms. The Morgan fingerprint density at radius 2 is 1.89 bits per heavy atom. The number of hydrogen-bond donors (Lipinski definition) is 0. The fourth-order valence-electron chi connectivity index (χ4n) is 0.856. The van der Waals surface area contributed by atoms with Gasteiger partial charge in [0.15, 0.2) is 0 Å². The molecule has 0 saturated heterocycles. The molecule has 0 unspecified atom stereocenters. The van der Waals surface area contributed by atoms with Crippen molar-refractivity contribution in [3.63, 3.8) is 0 Å². The van der Waals surface area contributed by atoms with Crippen LogP contribution in [0, 0.1) is 0 Å². The van der Waals surface area contributed by atoms with E-state index in [9.17, 15) is 0 Å². The van der Waals surface area contributed by atoms with Gasteiger partial charge >= 0.3 is 0 Å². The molecule has 0 aliphatic rings. The molecule has 0 bridgehead atoms. The highest BCUT2D eigenvalue weighted by Crippen LogP contribution is 2.02. The van der Waals surface area contributed by atoms with Crippen LogP contribution in [-0.4, -0.2) is 0 Å². The first-order valence-electron chi connectivity index (χ1n) is 4.03. The normalized spacial score (nSPS) is 10.9. The molecule has 0 atom stereocenters. The predicted molar refractivity (Wildman–Crippen MR) is 43.6 cm³/mol. The molecule has 0 aromatic heterocycles. The third-order valence-corrected chi connectivity index (χ3v) is 1.46. The van der Waals surface area contributed by atoms with Crippen molar-refractivity contribution < 1.29 is 0 Å². The Labute approximate surface area is 59.0 Å². The van der Waals surface area contributed by atoms with Crippen molar-refractivity contribution in [3.05, 3.63) is 12.2 Å². The molecule has 0 rings (SSSR count). The summed E-state index contributed by atoms with van der Waals surface area (Å²) >= 11 is 0. The minimum Gasteiger partial charge on any atom is -0.0917 e. The summed E-state index contributed by atoms with van der Waals surface area (Å²) in [4.78, 5) is 0. The van der Waals surface area contributed by atoms with Crippen LogP contribution in [0.3, 0.4) is 0 Å². The van der Waals surface area contributed by atoms with Crippen LogP contribution in [0.1, 0.15) is 46.0 Å². The molecule has 0 heterocycles. The molecule has 0 aliphatic heterocycles. The molecule has 0 aliphatic carbocycles. The van der Waals surface area contributed by atoms with Crippen molar-refractivity contribution in [1.82, 2.24) is 0 Å². The Morgan fingerprint density at radius 1 is 1.11 bits per heavy atom. The molecule has 0 N–H and O–H groups in total. The van der Waals surface area contributed by atoms with Crippen molar-refractivity contribution in [2.45, 2.75) is 46.0 Å². The lowest BCUT2D eigenvalue weighted by Crippen LogP contribution is -1.72. The number of rotatable bonds is 5. The Kier molecular flexibility index (Phi) is 7.52. The lowest BCUT2D eigenvalue weighted by atomic mass is 10.1. The van der Waals surface area contributed by atoms with E-state index < -0.39 is 0 Å². The van der Waals surface area contributed by atoms with Gasteiger partial charge in [0.25, 0.3) is 0 Å². The van der Waals surface area contributed by atoms with E-state index in [1.165, 1.54) is 32.1 Å². The maximum absolute atomic E-state index is 2.25. The van der Waals surface area contributed by atoms with Crippen molar-refractivity contribution in [3.8, 4) is 0 Å². The minimum atomic E-state index is 1.27. The van der Waals surface area contributed by atoms with E-state index in [1.54, 1.807) is 0 Å². The number of unbranched alkanes of at least 4 members (excludes halogenated alkanes) is 4. The summed E-state index contributed by atoms with van der Waals surface area (Å²) in [6.45, 7) is 4.33. The van der Waals surface area contributed by atoms with E-state index in [0.29, 0.717) is 0 Å². The molecule has 0 aromatic rings. The lowest BCUT2D eigenvalue weighted by Gasteiger charge is -1.92. The summed E-state index contributed by atoms with van der Waals surface area (Å²) in [5.74, 6) is 0. The topological polar surface area (TPSA) is 0 Å². The van der Waals surface area contributed by atoms with Gasteiger partial charge < -0.3 is 0 Å². The van der Waals surface area contributed by atoms with Gasteiger partial charge in [-0.1, -0.05) is 38.3 Å². The quantitative estimate of drug-likeness (QED) is 0.390. The van der Waals surface area contributed by atoms with Crippen LogP contribution in [0.5, 0.6) is 0 Å². The van der Waals surface area contributed by atoms with Crippen LogP contribution in [0.2, 0.25) is 0 Å². The van der Waals surface area contributed by atoms with E-state index >= 15 is 0 Å². The summed E-state index contributed by atoms with van der Waals surface area (Å²) in [5, 5.41) is 0. The van der Waals surface area contributed by atoms with E-state index in [2.05, 4.69) is 26.0 Å². The SMILES string of the molecule is C/C=C\CCCCCC. The van der Waals surface area contributed by atoms with Crippen LogP contribution >= 0.6 is 0 Å². The Bertz CT molecular complexity index is 62.4. The summed E-state index contributed by atoms with van der Waals surface area (Å²) in [7, 11) is 0. The zero-order valence-electron chi connectivity index (χ0n) is 6.69. The van der Waals surface area contributed by atoms with Crippen molar-refractivity contribution in [2.24, 2.45) is 0 Å². The van der Waals surface area contributed by atoms with Gasteiger partial charge in [0.1, 0.15) is 0 Å². The fourth-order valence-corrected chi connectivity index (χ4v) is 0.856. The molecule has 0 amide bonds. The second-order valence-electron chi connectivity index (χ2n) is 2.42. The monoisotopic (exact) mass is 126 g/mol. The van der Waals surface area contributed by atoms with Crippen molar-refractivity contribution in [1.29, 1.82) is 0 Å². The predicted octanol–water partition coefficient (Wildman–Crippen LogP) is 3.53. The first kappa shape index (κ1) is 8.74. The van der Waals surface area contributed by atoms with Gasteiger partial charge in [-0.25, -0.2) is 0 Å². The summed E-state index contributed by atoms with van der Waals surface area (Å²) in [5.41, 5.74) is 0. The molecule has 0 nitrogen and oxygen atoms in total. The molecule has 0 saturated carbocycles. The summed E-state index contributed by atoms with van der Waals surface area (Å²) < 4.78 is 0. The molecule has 0 fully saturated rings. The Morgan fingerprint density at radius 3 is 2.44 bits per heavy atom. The second-order valence-corrected chi connectivity index (χ2v) is 2.42. The smallest absolute Gasteiger partial charge is 0.0351 e. The Balaban J connectivity index is 2.75. The highest BCUT2D eigenvalue weighted by atomic mass is 13.9. The molecular formula is C9H18. The molecule has 54 valence electrons. The van der Waals surface area contributed by atoms with Crippen LogP contribution in [0.25, 0.3) is 0 Å². The van der Waals surface area contributed by atoms with Gasteiger partial charge in [0.05, 0.1) is 0 Å². The second kappa shape index (κ2) is 7.74. The highest BCUT2D eigenvalue weighted by molar-refractivity contribution is 4.75. The van der Waals surface area contributed by atoms with E-state index in [-0.39, 0.29) is 0 Å². The number of hydrogen-bond acceptors (Lipinski definition) is 0. The van der Waals surface area contributed by atoms with Gasteiger partial charge in [-0.05, 0) is 19.8 Å². The van der Waals surface area contributed by atoms with Gasteiger partial charge in [0, 0.05) is 0 Å². The highest BCUT2D eigenvalue weighted by Gasteiger charge is 1.82. The van der Waals surface area contributed by atoms with Crippen LogP contribution < -0.4 is 0 Å². The molecule has 0 aromatic carbocycles. The van der Waals surface area contributed by atoms with Crippen LogP contribution in [0.4, 0.5) is 0 Å². The number of allylic oxidation sites excluding steroid dienone is 2. The van der Waals surface area contributed by atoms with Crippen molar-refractivity contribution >= 4 is 0 Å². The molecule has 9 heavy (non-hydrogen) atoms. The summed E-state index contributed by atoms with van der Waals surface area (Å²) in [6, 6.07) is 0. The zero-order chi connectivity index (χ0) is 6.95. The first-order valence-corrected chi connectivity index (χ1v) is 4.03. The van der Waals surface area contributed by atoms with Gasteiger partial charge in [-0.15, -0.1) is 0 Å². The molecule has 0 heteroatoms. The van der Waals surface area contributed by atoms with E-state index in [4.69, 9.17) is 0 Å². The maximum atomic E-state index is 2.25. The standard InChI is InChI=1S/C9H18/c1-3-5-7-9-8-6-4-2/h3,5H,4,6-9H2,1-2H3/b5-3-. The summed E-state index contributed by atoms with van der Waals surface area (Å²) in [6.07, 6.45) is 11.2. The van der Waals surface area contributed by atoms with Gasteiger partial charge in [-0.3, -0.25) is 0 Å². The van der Waals surface area contributed by atoms with E-state index in [1.807, 2.05) is 0 Å². The van der Waals surface area contributed by atoms with Gasteiger partial charge in [-0.2, -0.15) is 0 Å². The molecular weight excluding hydrogens is 108 g/mol. The maximum Gasteiger partial charge on any atom is -0.0351 e. The lowest BCUT2D eigenvalue weighted by molar-refractivity contribution is 0.674. The zero-order valence-corrected chi connectivity index (χ0v) is 6.69. The third kappa shape index (κ3) is 7.74. The van der Waals surface area contributed by atoms with Crippen molar-refractivity contribution in [2.75, 3.05) is 0 Å². The average Bonchev–Trinajstić information content (AvgIpc) is 1.89. The fraction of sp³-hybridized carbons (Fsp3) is 0.778. The van der Waals surface area contributed by atoms with Gasteiger partial charge in [0.2, 0.25) is 0 Å². The first-order chi connectivity index (χ1) is 4.41. The largest absolute Gasteiger partial charge is 0.0917 e. The third-order valence-electron chi connectivity index (χ3n) is 1.46. The van der Waals surface area contributed by atoms with E-state index in [0.717, 1.165) is 0 Å². The van der Waals surface area contributed by atoms with Crippen LogP contribution in [-0.2, 0) is 0 Å².